The molecule has 2 heterocycles. The molecule has 26 heavy (non-hydrogen) atoms. The van der Waals surface area contributed by atoms with Gasteiger partial charge < -0.3 is 19.4 Å². The third-order valence-electron chi connectivity index (χ3n) is 4.71. The van der Waals surface area contributed by atoms with Crippen molar-refractivity contribution in [2.45, 2.75) is 32.2 Å². The number of nitrogens with zero attached hydrogens (tertiary/aromatic N) is 3. The number of hydrogen-bond acceptors (Lipinski definition) is 4. The van der Waals surface area contributed by atoms with E-state index in [9.17, 15) is 23.2 Å². The van der Waals surface area contributed by atoms with Gasteiger partial charge in [-0.3, -0.25) is 14.4 Å². The van der Waals surface area contributed by atoms with Gasteiger partial charge in [0.2, 0.25) is 11.8 Å². The van der Waals surface area contributed by atoms with Crippen molar-refractivity contribution in [3.8, 4) is 5.75 Å². The van der Waals surface area contributed by atoms with Gasteiger partial charge in [-0.2, -0.15) is 8.78 Å². The zero-order chi connectivity index (χ0) is 19.0. The van der Waals surface area contributed by atoms with Crippen LogP contribution in [0.5, 0.6) is 5.75 Å². The van der Waals surface area contributed by atoms with Crippen molar-refractivity contribution in [2.75, 3.05) is 20.1 Å². The number of amides is 3. The largest absolute Gasteiger partial charge is 0.435 e. The number of benzene rings is 1. The summed E-state index contributed by atoms with van der Waals surface area (Å²) in [5, 5.41) is 0. The summed E-state index contributed by atoms with van der Waals surface area (Å²) in [6.07, 6.45) is -0.408. The average molecular weight is 367 g/mol. The molecule has 7 nitrogen and oxygen atoms in total. The number of carbonyl (C=O) groups excluding carboxylic acids is 3. The van der Waals surface area contributed by atoms with Gasteiger partial charge in [0, 0.05) is 25.6 Å². The van der Waals surface area contributed by atoms with Crippen LogP contribution in [0.25, 0.3) is 0 Å². The number of hydrogen-bond donors (Lipinski definition) is 0. The van der Waals surface area contributed by atoms with E-state index in [-0.39, 0.29) is 43.0 Å². The Bertz CT molecular complexity index is 725. The van der Waals surface area contributed by atoms with Crippen LogP contribution >= 0.6 is 0 Å². The molecule has 0 spiro atoms. The summed E-state index contributed by atoms with van der Waals surface area (Å²) in [7, 11) is 1.63. The third kappa shape index (κ3) is 3.21. The fourth-order valence-electron chi connectivity index (χ4n) is 3.43. The van der Waals surface area contributed by atoms with Crippen LogP contribution in [-0.4, -0.2) is 71.4 Å². The van der Waals surface area contributed by atoms with Crippen molar-refractivity contribution >= 4 is 17.7 Å². The van der Waals surface area contributed by atoms with E-state index in [0.717, 1.165) is 0 Å². The smallest absolute Gasteiger partial charge is 0.387 e. The van der Waals surface area contributed by atoms with Crippen LogP contribution in [0.2, 0.25) is 0 Å². The second kappa shape index (κ2) is 6.89. The highest BCUT2D eigenvalue weighted by atomic mass is 19.3. The van der Waals surface area contributed by atoms with Gasteiger partial charge in [-0.05, 0) is 31.2 Å². The SMILES string of the molecule is CC1C(=O)N(C)CC2N(C(=O)c3ccc(OC(F)F)cc3)CCC(=O)N12. The summed E-state index contributed by atoms with van der Waals surface area (Å²) in [6.45, 7) is -0.821. The maximum absolute atomic E-state index is 12.9. The van der Waals surface area contributed by atoms with E-state index < -0.39 is 18.8 Å². The molecule has 140 valence electrons. The van der Waals surface area contributed by atoms with Crippen molar-refractivity contribution in [1.29, 1.82) is 0 Å². The van der Waals surface area contributed by atoms with Gasteiger partial charge in [0.1, 0.15) is 18.0 Å². The van der Waals surface area contributed by atoms with Crippen LogP contribution < -0.4 is 4.74 Å². The van der Waals surface area contributed by atoms with Crippen molar-refractivity contribution in [3.05, 3.63) is 29.8 Å². The Kier molecular flexibility index (Phi) is 4.80. The molecule has 0 saturated carbocycles. The number of rotatable bonds is 3. The van der Waals surface area contributed by atoms with Crippen molar-refractivity contribution < 1.29 is 27.9 Å². The fourth-order valence-corrected chi connectivity index (χ4v) is 3.43. The minimum Gasteiger partial charge on any atom is -0.435 e. The Balaban J connectivity index is 1.82. The topological polar surface area (TPSA) is 70.2 Å². The van der Waals surface area contributed by atoms with E-state index in [0.29, 0.717) is 5.56 Å². The molecule has 2 aliphatic heterocycles. The van der Waals surface area contributed by atoms with Crippen LogP contribution in [-0.2, 0) is 9.59 Å². The molecule has 2 saturated heterocycles. The number of ether oxygens (including phenoxy) is 1. The molecule has 2 unspecified atom stereocenters. The zero-order valence-electron chi connectivity index (χ0n) is 14.4. The number of carbonyl (C=O) groups is 3. The molecule has 0 aromatic heterocycles. The molecule has 0 bridgehead atoms. The van der Waals surface area contributed by atoms with E-state index in [4.69, 9.17) is 0 Å². The summed E-state index contributed by atoms with van der Waals surface area (Å²) >= 11 is 0. The Hall–Kier alpha value is -2.71. The summed E-state index contributed by atoms with van der Waals surface area (Å²) in [5.41, 5.74) is 0.299. The van der Waals surface area contributed by atoms with E-state index in [2.05, 4.69) is 4.74 Å². The molecule has 2 aliphatic rings. The first-order valence-corrected chi connectivity index (χ1v) is 8.21. The summed E-state index contributed by atoms with van der Waals surface area (Å²) in [5.74, 6) is -0.694. The van der Waals surface area contributed by atoms with Gasteiger partial charge in [0.05, 0.1) is 6.54 Å². The molecule has 1 aromatic rings. The Morgan fingerprint density at radius 1 is 1.23 bits per heavy atom. The highest BCUT2D eigenvalue weighted by Crippen LogP contribution is 2.26. The second-order valence-corrected chi connectivity index (χ2v) is 6.33. The fraction of sp³-hybridized carbons (Fsp3) is 0.471. The molecule has 3 rings (SSSR count). The number of piperazine rings is 1. The maximum Gasteiger partial charge on any atom is 0.387 e. The Morgan fingerprint density at radius 3 is 2.50 bits per heavy atom. The van der Waals surface area contributed by atoms with Crippen LogP contribution in [0, 0.1) is 0 Å². The molecule has 1 aromatic carbocycles. The summed E-state index contributed by atoms with van der Waals surface area (Å²) in [4.78, 5) is 41.8. The lowest BCUT2D eigenvalue weighted by atomic mass is 10.0. The van der Waals surface area contributed by atoms with Crippen LogP contribution in [0.3, 0.4) is 0 Å². The number of halogens is 2. The van der Waals surface area contributed by atoms with Crippen LogP contribution in [0.1, 0.15) is 23.7 Å². The quantitative estimate of drug-likeness (QED) is 0.804. The van der Waals surface area contributed by atoms with Gasteiger partial charge in [-0.25, -0.2) is 0 Å². The Morgan fingerprint density at radius 2 is 1.88 bits per heavy atom. The number of likely N-dealkylation sites (N-methyl/N-ethyl adjacent to an activating group) is 1. The first kappa shape index (κ1) is 18.1. The standard InChI is InChI=1S/C17H19F2N3O4/c1-10-15(24)20(2)9-13-21(8-7-14(23)22(10)13)16(25)11-3-5-12(6-4-11)26-17(18)19/h3-6,10,13,17H,7-9H2,1-2H3. The average Bonchev–Trinajstić information content (AvgIpc) is 2.59. The van der Waals surface area contributed by atoms with Gasteiger partial charge >= 0.3 is 6.61 Å². The molecule has 0 aliphatic carbocycles. The van der Waals surface area contributed by atoms with E-state index in [1.807, 2.05) is 0 Å². The first-order valence-electron chi connectivity index (χ1n) is 8.21. The van der Waals surface area contributed by atoms with Crippen molar-refractivity contribution in [1.82, 2.24) is 14.7 Å². The summed E-state index contributed by atoms with van der Waals surface area (Å²) < 4.78 is 28.7. The molecular formula is C17H19F2N3O4. The lowest BCUT2D eigenvalue weighted by molar-refractivity contribution is -0.164. The van der Waals surface area contributed by atoms with Gasteiger partial charge in [0.15, 0.2) is 0 Å². The van der Waals surface area contributed by atoms with E-state index >= 15 is 0 Å². The minimum atomic E-state index is -2.94. The molecule has 0 N–H and O–H groups in total. The summed E-state index contributed by atoms with van der Waals surface area (Å²) in [6, 6.07) is 4.77. The maximum atomic E-state index is 12.9. The van der Waals surface area contributed by atoms with Gasteiger partial charge in [0.25, 0.3) is 5.91 Å². The molecule has 2 atom stereocenters. The molecule has 0 radical (unpaired) electrons. The molecule has 2 fully saturated rings. The lowest BCUT2D eigenvalue weighted by Crippen LogP contribution is -2.70. The van der Waals surface area contributed by atoms with E-state index in [1.165, 1.54) is 34.1 Å². The van der Waals surface area contributed by atoms with Gasteiger partial charge in [-0.1, -0.05) is 0 Å². The molecule has 9 heteroatoms. The minimum absolute atomic E-state index is 0.0383. The lowest BCUT2D eigenvalue weighted by Gasteiger charge is -2.50. The first-order chi connectivity index (χ1) is 12.3. The zero-order valence-corrected chi connectivity index (χ0v) is 14.4. The normalized spacial score (nSPS) is 23.3. The number of fused-ring (bicyclic) bond motifs is 1. The predicted octanol–water partition coefficient (Wildman–Crippen LogP) is 1.15. The predicted molar refractivity (Wildman–Crippen MR) is 86.5 cm³/mol. The van der Waals surface area contributed by atoms with Crippen molar-refractivity contribution in [2.24, 2.45) is 0 Å². The van der Waals surface area contributed by atoms with Crippen molar-refractivity contribution in [3.63, 3.8) is 0 Å². The molecular weight excluding hydrogens is 348 g/mol. The number of alkyl halides is 2. The van der Waals surface area contributed by atoms with E-state index in [1.54, 1.807) is 18.9 Å². The van der Waals surface area contributed by atoms with Gasteiger partial charge in [-0.15, -0.1) is 0 Å². The highest BCUT2D eigenvalue weighted by Gasteiger charge is 2.46. The monoisotopic (exact) mass is 367 g/mol. The van der Waals surface area contributed by atoms with Crippen LogP contribution in [0.15, 0.2) is 24.3 Å². The second-order valence-electron chi connectivity index (χ2n) is 6.33. The Labute approximate surface area is 149 Å². The molecule has 3 amide bonds. The third-order valence-corrected chi connectivity index (χ3v) is 4.71. The highest BCUT2D eigenvalue weighted by molar-refractivity contribution is 5.97. The van der Waals surface area contributed by atoms with Crippen LogP contribution in [0.4, 0.5) is 8.78 Å².